The van der Waals surface area contributed by atoms with Gasteiger partial charge in [0, 0.05) is 31.9 Å². The Hall–Kier alpha value is -2.76. The van der Waals surface area contributed by atoms with Crippen LogP contribution in [0.2, 0.25) is 0 Å². The molecule has 0 radical (unpaired) electrons. The fourth-order valence-corrected chi connectivity index (χ4v) is 3.35. The third-order valence-electron chi connectivity index (χ3n) is 4.79. The molecule has 0 saturated carbocycles. The van der Waals surface area contributed by atoms with Crippen molar-refractivity contribution in [1.82, 2.24) is 4.90 Å². The van der Waals surface area contributed by atoms with Crippen LogP contribution in [0.4, 0.5) is 10.1 Å². The van der Waals surface area contributed by atoms with E-state index in [0.29, 0.717) is 38.5 Å². The number of rotatable bonds is 3. The maximum atomic E-state index is 13.0. The van der Waals surface area contributed by atoms with Crippen LogP contribution >= 0.6 is 0 Å². The number of hydrogen-bond donors (Lipinski definition) is 0. The summed E-state index contributed by atoms with van der Waals surface area (Å²) in [5.74, 6) is 1.32. The molecule has 2 aromatic rings. The van der Waals surface area contributed by atoms with Crippen LogP contribution in [0.15, 0.2) is 42.5 Å². The topological polar surface area (TPSA) is 42.0 Å². The third kappa shape index (κ3) is 3.59. The fraction of sp³-hybridized carbons (Fsp3) is 0.350. The number of anilines is 1. The summed E-state index contributed by atoms with van der Waals surface area (Å²) < 4.78 is 24.1. The molecule has 26 heavy (non-hydrogen) atoms. The maximum Gasteiger partial charge on any atom is 0.227 e. The summed E-state index contributed by atoms with van der Waals surface area (Å²) in [7, 11) is 0. The molecule has 2 aliphatic heterocycles. The summed E-state index contributed by atoms with van der Waals surface area (Å²) in [6, 6.07) is 12.2. The lowest BCUT2D eigenvalue weighted by molar-refractivity contribution is -0.130. The van der Waals surface area contributed by atoms with Crippen molar-refractivity contribution in [3.63, 3.8) is 0 Å². The lowest BCUT2D eigenvalue weighted by Crippen LogP contribution is -2.49. The van der Waals surface area contributed by atoms with Crippen molar-refractivity contribution in [3.05, 3.63) is 53.8 Å². The molecule has 4 rings (SSSR count). The summed E-state index contributed by atoms with van der Waals surface area (Å²) in [4.78, 5) is 16.7. The van der Waals surface area contributed by atoms with Crippen LogP contribution in [0, 0.1) is 5.82 Å². The van der Waals surface area contributed by atoms with Crippen molar-refractivity contribution in [2.24, 2.45) is 0 Å². The van der Waals surface area contributed by atoms with Crippen LogP contribution in [0.25, 0.3) is 0 Å². The first-order valence-electron chi connectivity index (χ1n) is 8.86. The molecule has 2 aliphatic rings. The van der Waals surface area contributed by atoms with E-state index in [1.165, 1.54) is 12.1 Å². The second-order valence-electron chi connectivity index (χ2n) is 6.50. The van der Waals surface area contributed by atoms with E-state index in [1.54, 1.807) is 12.1 Å². The molecule has 136 valence electrons. The first-order valence-corrected chi connectivity index (χ1v) is 8.86. The van der Waals surface area contributed by atoms with Crippen LogP contribution in [0.3, 0.4) is 0 Å². The quantitative estimate of drug-likeness (QED) is 0.847. The van der Waals surface area contributed by atoms with Crippen molar-refractivity contribution in [2.45, 2.75) is 6.42 Å². The standard InChI is InChI=1S/C20H21FN2O3/c21-16-2-4-17(5-3-16)22-7-9-23(10-8-22)20(24)14-15-1-6-18-19(13-15)26-12-11-25-18/h1-6,13H,7-12,14H2. The molecule has 0 atom stereocenters. The number of ether oxygens (including phenoxy) is 2. The number of amides is 1. The Kier molecular flexibility index (Phi) is 4.65. The van der Waals surface area contributed by atoms with Gasteiger partial charge in [-0.2, -0.15) is 0 Å². The Morgan fingerprint density at radius 2 is 1.62 bits per heavy atom. The highest BCUT2D eigenvalue weighted by molar-refractivity contribution is 5.79. The van der Waals surface area contributed by atoms with Gasteiger partial charge in [-0.25, -0.2) is 4.39 Å². The van der Waals surface area contributed by atoms with Crippen LogP contribution in [-0.2, 0) is 11.2 Å². The van der Waals surface area contributed by atoms with Crippen LogP contribution < -0.4 is 14.4 Å². The van der Waals surface area contributed by atoms with E-state index in [4.69, 9.17) is 9.47 Å². The van der Waals surface area contributed by atoms with E-state index in [2.05, 4.69) is 4.90 Å². The van der Waals surface area contributed by atoms with Gasteiger partial charge in [-0.3, -0.25) is 4.79 Å². The van der Waals surface area contributed by atoms with E-state index in [9.17, 15) is 9.18 Å². The molecule has 5 nitrogen and oxygen atoms in total. The molecule has 0 N–H and O–H groups in total. The molecule has 0 aliphatic carbocycles. The molecule has 0 bridgehead atoms. The summed E-state index contributed by atoms with van der Waals surface area (Å²) in [5, 5.41) is 0. The van der Waals surface area contributed by atoms with Crippen molar-refractivity contribution in [1.29, 1.82) is 0 Å². The number of nitrogens with zero attached hydrogens (tertiary/aromatic N) is 2. The number of piperazine rings is 1. The van der Waals surface area contributed by atoms with Gasteiger partial charge < -0.3 is 19.3 Å². The number of fused-ring (bicyclic) bond motifs is 1. The Bertz CT molecular complexity index is 786. The summed E-state index contributed by atoms with van der Waals surface area (Å²) in [6.07, 6.45) is 0.354. The molecule has 2 aromatic carbocycles. The van der Waals surface area contributed by atoms with E-state index in [1.807, 2.05) is 23.1 Å². The zero-order valence-corrected chi connectivity index (χ0v) is 14.5. The van der Waals surface area contributed by atoms with Crippen LogP contribution in [0.5, 0.6) is 11.5 Å². The second kappa shape index (κ2) is 7.23. The highest BCUT2D eigenvalue weighted by Crippen LogP contribution is 2.31. The molecular formula is C20H21FN2O3. The summed E-state index contributed by atoms with van der Waals surface area (Å²) in [6.45, 7) is 3.93. The molecule has 2 heterocycles. The fourth-order valence-electron chi connectivity index (χ4n) is 3.35. The third-order valence-corrected chi connectivity index (χ3v) is 4.79. The average molecular weight is 356 g/mol. The predicted octanol–water partition coefficient (Wildman–Crippen LogP) is 2.49. The molecule has 0 unspecified atom stereocenters. The van der Waals surface area contributed by atoms with Gasteiger partial charge in [-0.05, 0) is 42.0 Å². The predicted molar refractivity (Wildman–Crippen MR) is 96.3 cm³/mol. The number of halogens is 1. The van der Waals surface area contributed by atoms with Gasteiger partial charge in [0.15, 0.2) is 11.5 Å². The molecule has 0 aromatic heterocycles. The SMILES string of the molecule is O=C(Cc1ccc2c(c1)OCCO2)N1CCN(c2ccc(F)cc2)CC1. The van der Waals surface area contributed by atoms with Gasteiger partial charge in [-0.1, -0.05) is 6.07 Å². The second-order valence-corrected chi connectivity index (χ2v) is 6.50. The molecule has 0 spiro atoms. The van der Waals surface area contributed by atoms with Crippen LogP contribution in [-0.4, -0.2) is 50.2 Å². The van der Waals surface area contributed by atoms with E-state index in [0.717, 1.165) is 30.1 Å². The number of hydrogen-bond acceptors (Lipinski definition) is 4. The monoisotopic (exact) mass is 356 g/mol. The largest absolute Gasteiger partial charge is 0.486 e. The van der Waals surface area contributed by atoms with Crippen molar-refractivity contribution in [2.75, 3.05) is 44.3 Å². The minimum absolute atomic E-state index is 0.112. The van der Waals surface area contributed by atoms with Gasteiger partial charge in [0.2, 0.25) is 5.91 Å². The Balaban J connectivity index is 1.34. The number of benzene rings is 2. The number of carbonyl (C=O) groups excluding carboxylic acids is 1. The van der Waals surface area contributed by atoms with Gasteiger partial charge in [0.05, 0.1) is 6.42 Å². The van der Waals surface area contributed by atoms with Crippen molar-refractivity contribution in [3.8, 4) is 11.5 Å². The Morgan fingerprint density at radius 3 is 2.35 bits per heavy atom. The van der Waals surface area contributed by atoms with Crippen molar-refractivity contribution >= 4 is 11.6 Å². The highest BCUT2D eigenvalue weighted by atomic mass is 19.1. The first-order chi connectivity index (χ1) is 12.7. The number of carbonyl (C=O) groups is 1. The van der Waals surface area contributed by atoms with Crippen LogP contribution in [0.1, 0.15) is 5.56 Å². The van der Waals surface area contributed by atoms with Gasteiger partial charge in [0.25, 0.3) is 0 Å². The normalized spacial score (nSPS) is 16.5. The summed E-state index contributed by atoms with van der Waals surface area (Å²) >= 11 is 0. The average Bonchev–Trinajstić information content (AvgIpc) is 2.68. The maximum absolute atomic E-state index is 13.0. The van der Waals surface area contributed by atoms with E-state index in [-0.39, 0.29) is 11.7 Å². The molecule has 1 saturated heterocycles. The first kappa shape index (κ1) is 16.7. The minimum atomic E-state index is -0.234. The Morgan fingerprint density at radius 1 is 0.923 bits per heavy atom. The van der Waals surface area contributed by atoms with Gasteiger partial charge in [0.1, 0.15) is 19.0 Å². The van der Waals surface area contributed by atoms with E-state index >= 15 is 0 Å². The molecular weight excluding hydrogens is 335 g/mol. The lowest BCUT2D eigenvalue weighted by Gasteiger charge is -2.36. The van der Waals surface area contributed by atoms with Crippen molar-refractivity contribution < 1.29 is 18.7 Å². The summed E-state index contributed by atoms with van der Waals surface area (Å²) in [5.41, 5.74) is 1.92. The molecule has 1 amide bonds. The smallest absolute Gasteiger partial charge is 0.227 e. The molecule has 6 heteroatoms. The zero-order valence-electron chi connectivity index (χ0n) is 14.5. The highest BCUT2D eigenvalue weighted by Gasteiger charge is 2.22. The van der Waals surface area contributed by atoms with E-state index < -0.39 is 0 Å². The van der Waals surface area contributed by atoms with Gasteiger partial charge in [-0.15, -0.1) is 0 Å². The Labute approximate surface area is 151 Å². The minimum Gasteiger partial charge on any atom is -0.486 e. The van der Waals surface area contributed by atoms with Gasteiger partial charge >= 0.3 is 0 Å². The lowest BCUT2D eigenvalue weighted by atomic mass is 10.1. The zero-order chi connectivity index (χ0) is 17.9. The molecule has 1 fully saturated rings.